The van der Waals surface area contributed by atoms with Gasteiger partial charge in [-0.25, -0.2) is 0 Å². The van der Waals surface area contributed by atoms with Gasteiger partial charge >= 0.3 is 0 Å². The molecule has 21 heavy (non-hydrogen) atoms. The lowest BCUT2D eigenvalue weighted by molar-refractivity contribution is -0.131. The van der Waals surface area contributed by atoms with Crippen molar-refractivity contribution in [2.24, 2.45) is 11.7 Å². The second-order valence-corrected chi connectivity index (χ2v) is 6.89. The van der Waals surface area contributed by atoms with Crippen molar-refractivity contribution in [3.63, 3.8) is 0 Å². The predicted molar refractivity (Wildman–Crippen MR) is 92.4 cm³/mol. The van der Waals surface area contributed by atoms with Crippen LogP contribution in [0.4, 0.5) is 0 Å². The zero-order valence-electron chi connectivity index (χ0n) is 12.1. The third-order valence-corrected chi connectivity index (χ3v) is 4.98. The van der Waals surface area contributed by atoms with Crippen molar-refractivity contribution in [2.45, 2.75) is 30.7 Å². The maximum absolute atomic E-state index is 12.2. The van der Waals surface area contributed by atoms with E-state index in [-0.39, 0.29) is 18.3 Å². The van der Waals surface area contributed by atoms with Gasteiger partial charge in [-0.2, -0.15) is 0 Å². The maximum atomic E-state index is 12.2. The Morgan fingerprint density at radius 1 is 1.43 bits per heavy atom. The minimum absolute atomic E-state index is 0. The molecule has 2 unspecified atom stereocenters. The normalized spacial score (nSPS) is 21.2. The highest BCUT2D eigenvalue weighted by atomic mass is 35.5. The van der Waals surface area contributed by atoms with E-state index in [0.29, 0.717) is 24.9 Å². The van der Waals surface area contributed by atoms with Crippen molar-refractivity contribution in [3.05, 3.63) is 29.3 Å². The van der Waals surface area contributed by atoms with Gasteiger partial charge in [0.2, 0.25) is 5.91 Å². The molecular weight excluding hydrogens is 327 g/mol. The highest BCUT2D eigenvalue weighted by Gasteiger charge is 2.30. The lowest BCUT2D eigenvalue weighted by Gasteiger charge is -2.21. The molecule has 6 heteroatoms. The minimum atomic E-state index is 0. The highest BCUT2D eigenvalue weighted by molar-refractivity contribution is 7.99. The van der Waals surface area contributed by atoms with Crippen molar-refractivity contribution in [1.29, 1.82) is 0 Å². The summed E-state index contributed by atoms with van der Waals surface area (Å²) >= 11 is 7.54. The van der Waals surface area contributed by atoms with Crippen LogP contribution in [0.3, 0.4) is 0 Å². The van der Waals surface area contributed by atoms with E-state index in [1.54, 1.807) is 11.8 Å². The zero-order valence-corrected chi connectivity index (χ0v) is 14.5. The van der Waals surface area contributed by atoms with Crippen LogP contribution < -0.4 is 5.73 Å². The Hall–Kier alpha value is -0.420. The van der Waals surface area contributed by atoms with Crippen LogP contribution in [0.5, 0.6) is 0 Å². The summed E-state index contributed by atoms with van der Waals surface area (Å²) in [5.41, 5.74) is 5.69. The molecule has 1 heterocycles. The Morgan fingerprint density at radius 2 is 2.10 bits per heavy atom. The number of carbonyl (C=O) groups excluding carboxylic acids is 1. The van der Waals surface area contributed by atoms with E-state index in [1.165, 1.54) is 0 Å². The van der Waals surface area contributed by atoms with Crippen molar-refractivity contribution in [1.82, 2.24) is 4.90 Å². The molecule has 1 aromatic rings. The quantitative estimate of drug-likeness (QED) is 0.829. The van der Waals surface area contributed by atoms with Crippen LogP contribution in [0.2, 0.25) is 5.02 Å². The monoisotopic (exact) mass is 348 g/mol. The van der Waals surface area contributed by atoms with Crippen molar-refractivity contribution in [2.75, 3.05) is 18.8 Å². The topological polar surface area (TPSA) is 46.3 Å². The molecule has 1 fully saturated rings. The predicted octanol–water partition coefficient (Wildman–Crippen LogP) is 3.44. The van der Waals surface area contributed by atoms with Crippen molar-refractivity contribution in [3.8, 4) is 0 Å². The third kappa shape index (κ3) is 5.37. The summed E-state index contributed by atoms with van der Waals surface area (Å²) < 4.78 is 0. The van der Waals surface area contributed by atoms with E-state index in [4.69, 9.17) is 17.3 Å². The van der Waals surface area contributed by atoms with Crippen molar-refractivity contribution >= 4 is 41.7 Å². The molecule has 1 amide bonds. The number of rotatable bonds is 5. The summed E-state index contributed by atoms with van der Waals surface area (Å²) in [5, 5.41) is 0.740. The molecule has 0 saturated carbocycles. The molecule has 0 aliphatic carbocycles. The first-order valence-electron chi connectivity index (χ1n) is 6.98. The third-order valence-electron chi connectivity index (χ3n) is 3.71. The van der Waals surface area contributed by atoms with Gasteiger partial charge < -0.3 is 10.6 Å². The lowest BCUT2D eigenvalue weighted by atomic mass is 10.1. The molecule has 1 aliphatic rings. The Bertz CT molecular complexity index is 455. The molecule has 118 valence electrons. The largest absolute Gasteiger partial charge is 0.340 e. The first kappa shape index (κ1) is 18.6. The zero-order chi connectivity index (χ0) is 14.5. The fraction of sp³-hybridized carbons (Fsp3) is 0.533. The molecular formula is C15H22Cl2N2OS. The van der Waals surface area contributed by atoms with Gasteiger partial charge in [0.05, 0.1) is 0 Å². The number of likely N-dealkylation sites (tertiary alicyclic amines) is 1. The summed E-state index contributed by atoms with van der Waals surface area (Å²) in [6.45, 7) is 3.61. The molecule has 0 radical (unpaired) electrons. The summed E-state index contributed by atoms with van der Waals surface area (Å²) in [5.74, 6) is 1.52. The molecule has 2 rings (SSSR count). The molecule has 1 saturated heterocycles. The first-order chi connectivity index (χ1) is 9.60. The number of carbonyl (C=O) groups is 1. The Morgan fingerprint density at radius 3 is 2.67 bits per heavy atom. The molecule has 1 aromatic carbocycles. The molecule has 1 aliphatic heterocycles. The number of thioether (sulfide) groups is 1. The molecule has 0 aromatic heterocycles. The van der Waals surface area contributed by atoms with Crippen LogP contribution in [0.15, 0.2) is 29.2 Å². The van der Waals surface area contributed by atoms with E-state index >= 15 is 0 Å². The number of halogens is 2. The van der Waals surface area contributed by atoms with Gasteiger partial charge in [-0.15, -0.1) is 24.2 Å². The fourth-order valence-corrected chi connectivity index (χ4v) is 3.56. The second-order valence-electron chi connectivity index (χ2n) is 5.28. The standard InChI is InChI=1S/C15H21ClN2OS.ClH/c1-11-8-12(9-17)10-18(11)15(19)6-7-20-14-4-2-13(16)3-5-14;/h2-5,11-12H,6-10,17H2,1H3;1H. The molecule has 2 N–H and O–H groups in total. The van der Waals surface area contributed by atoms with Crippen LogP contribution >= 0.6 is 35.8 Å². The summed E-state index contributed by atoms with van der Waals surface area (Å²) in [6, 6.07) is 8.05. The van der Waals surface area contributed by atoms with Gasteiger partial charge in [0.25, 0.3) is 0 Å². The summed E-state index contributed by atoms with van der Waals surface area (Å²) in [6.07, 6.45) is 1.61. The number of hydrogen-bond acceptors (Lipinski definition) is 3. The first-order valence-corrected chi connectivity index (χ1v) is 8.34. The van der Waals surface area contributed by atoms with Crippen LogP contribution in [-0.4, -0.2) is 35.7 Å². The second kappa shape index (κ2) is 8.89. The van der Waals surface area contributed by atoms with E-state index in [0.717, 1.165) is 28.6 Å². The van der Waals surface area contributed by atoms with Gasteiger partial charge in [0.15, 0.2) is 0 Å². The van der Waals surface area contributed by atoms with Crippen LogP contribution in [0, 0.1) is 5.92 Å². The molecule has 3 nitrogen and oxygen atoms in total. The van der Waals surface area contributed by atoms with Gasteiger partial charge in [-0.3, -0.25) is 4.79 Å². The van der Waals surface area contributed by atoms with E-state index in [1.807, 2.05) is 29.2 Å². The fourth-order valence-electron chi connectivity index (χ4n) is 2.59. The van der Waals surface area contributed by atoms with Gasteiger partial charge in [0, 0.05) is 34.7 Å². The van der Waals surface area contributed by atoms with Crippen LogP contribution in [0.1, 0.15) is 19.8 Å². The number of nitrogens with two attached hydrogens (primary N) is 1. The van der Waals surface area contributed by atoms with Crippen LogP contribution in [0.25, 0.3) is 0 Å². The Balaban J connectivity index is 0.00000220. The Kier molecular flexibility index (Phi) is 7.88. The SMILES string of the molecule is CC1CC(CN)CN1C(=O)CCSc1ccc(Cl)cc1.Cl. The minimum Gasteiger partial charge on any atom is -0.340 e. The van der Waals surface area contributed by atoms with Gasteiger partial charge in [-0.1, -0.05) is 11.6 Å². The number of hydrogen-bond donors (Lipinski definition) is 1. The maximum Gasteiger partial charge on any atom is 0.223 e. The lowest BCUT2D eigenvalue weighted by Crippen LogP contribution is -2.34. The van der Waals surface area contributed by atoms with Gasteiger partial charge in [0.1, 0.15) is 0 Å². The molecule has 0 bridgehead atoms. The van der Waals surface area contributed by atoms with Gasteiger partial charge in [-0.05, 0) is 50.1 Å². The smallest absolute Gasteiger partial charge is 0.223 e. The van der Waals surface area contributed by atoms with E-state index in [2.05, 4.69) is 6.92 Å². The average molecular weight is 349 g/mol. The van der Waals surface area contributed by atoms with E-state index < -0.39 is 0 Å². The Labute approximate surface area is 142 Å². The van der Waals surface area contributed by atoms with Crippen LogP contribution in [-0.2, 0) is 4.79 Å². The highest BCUT2D eigenvalue weighted by Crippen LogP contribution is 2.25. The summed E-state index contributed by atoms with van der Waals surface area (Å²) in [7, 11) is 0. The number of amides is 1. The molecule has 0 spiro atoms. The summed E-state index contributed by atoms with van der Waals surface area (Å²) in [4.78, 5) is 15.3. The average Bonchev–Trinajstić information content (AvgIpc) is 2.82. The molecule has 2 atom stereocenters. The number of nitrogens with zero attached hydrogens (tertiary/aromatic N) is 1. The van der Waals surface area contributed by atoms with Crippen molar-refractivity contribution < 1.29 is 4.79 Å². The number of benzene rings is 1. The van der Waals surface area contributed by atoms with E-state index in [9.17, 15) is 4.79 Å².